The van der Waals surface area contributed by atoms with Crippen molar-refractivity contribution in [3.05, 3.63) is 63.7 Å². The summed E-state index contributed by atoms with van der Waals surface area (Å²) in [6.45, 7) is 1.92. The van der Waals surface area contributed by atoms with E-state index in [0.29, 0.717) is 27.9 Å². The van der Waals surface area contributed by atoms with Gasteiger partial charge in [0.15, 0.2) is 11.5 Å². The molecule has 0 aliphatic heterocycles. The van der Waals surface area contributed by atoms with E-state index < -0.39 is 0 Å². The number of ether oxygens (including phenoxy) is 2. The number of benzene rings is 2. The second-order valence-corrected chi connectivity index (χ2v) is 5.75. The Labute approximate surface area is 144 Å². The average molecular weight is 345 g/mol. The molecule has 5 nitrogen and oxygen atoms in total. The monoisotopic (exact) mass is 344 g/mol. The van der Waals surface area contributed by atoms with Gasteiger partial charge >= 0.3 is 5.69 Å². The van der Waals surface area contributed by atoms with Crippen molar-refractivity contribution in [1.82, 2.24) is 9.55 Å². The fourth-order valence-corrected chi connectivity index (χ4v) is 2.64. The number of methoxy groups -OCH3 is 2. The van der Waals surface area contributed by atoms with E-state index in [0.717, 1.165) is 11.1 Å². The van der Waals surface area contributed by atoms with Gasteiger partial charge in [-0.25, -0.2) is 4.79 Å². The minimum Gasteiger partial charge on any atom is -0.493 e. The molecule has 0 radical (unpaired) electrons. The molecular formula is C18H17ClN2O3. The number of hydrogen-bond acceptors (Lipinski definition) is 3. The van der Waals surface area contributed by atoms with Crippen LogP contribution in [0.25, 0.3) is 16.9 Å². The van der Waals surface area contributed by atoms with Crippen LogP contribution in [0.5, 0.6) is 11.5 Å². The van der Waals surface area contributed by atoms with Crippen molar-refractivity contribution in [3.63, 3.8) is 0 Å². The number of hydrogen-bond donors (Lipinski definition) is 1. The van der Waals surface area contributed by atoms with Crippen LogP contribution in [0, 0.1) is 6.92 Å². The van der Waals surface area contributed by atoms with Crippen LogP contribution in [0.15, 0.2) is 47.4 Å². The quantitative estimate of drug-likeness (QED) is 0.783. The third-order valence-electron chi connectivity index (χ3n) is 3.85. The minimum absolute atomic E-state index is 0.236. The summed E-state index contributed by atoms with van der Waals surface area (Å²) < 4.78 is 12.1. The molecule has 0 atom stereocenters. The molecule has 0 unspecified atom stereocenters. The molecule has 6 heteroatoms. The van der Waals surface area contributed by atoms with E-state index in [1.54, 1.807) is 32.5 Å². The predicted octanol–water partition coefficient (Wildman–Crippen LogP) is 3.81. The summed E-state index contributed by atoms with van der Waals surface area (Å²) in [6, 6.07) is 11.0. The van der Waals surface area contributed by atoms with Crippen molar-refractivity contribution < 1.29 is 9.47 Å². The first-order valence-electron chi connectivity index (χ1n) is 7.34. The highest BCUT2D eigenvalue weighted by molar-refractivity contribution is 6.31. The van der Waals surface area contributed by atoms with Gasteiger partial charge in [-0.3, -0.25) is 4.57 Å². The van der Waals surface area contributed by atoms with Crippen LogP contribution in [0.4, 0.5) is 0 Å². The molecule has 0 bridgehead atoms. The van der Waals surface area contributed by atoms with Crippen LogP contribution in [0.2, 0.25) is 5.02 Å². The van der Waals surface area contributed by atoms with Gasteiger partial charge in [0.25, 0.3) is 0 Å². The molecular weight excluding hydrogens is 328 g/mol. The lowest BCUT2D eigenvalue weighted by atomic mass is 10.1. The van der Waals surface area contributed by atoms with Gasteiger partial charge in [0.2, 0.25) is 0 Å². The van der Waals surface area contributed by atoms with Crippen LogP contribution in [0.1, 0.15) is 5.56 Å². The molecule has 1 aromatic heterocycles. The fraction of sp³-hybridized carbons (Fsp3) is 0.167. The molecule has 3 rings (SSSR count). The lowest BCUT2D eigenvalue weighted by Crippen LogP contribution is -2.13. The molecule has 0 saturated carbocycles. The van der Waals surface area contributed by atoms with Crippen molar-refractivity contribution in [1.29, 1.82) is 0 Å². The van der Waals surface area contributed by atoms with Crippen LogP contribution in [0.3, 0.4) is 0 Å². The number of aryl methyl sites for hydroxylation is 1. The van der Waals surface area contributed by atoms with Gasteiger partial charge in [-0.05, 0) is 42.8 Å². The van der Waals surface area contributed by atoms with Crippen molar-refractivity contribution in [2.75, 3.05) is 14.2 Å². The Bertz CT molecular complexity index is 944. The predicted molar refractivity (Wildman–Crippen MR) is 94.7 cm³/mol. The molecule has 0 aliphatic carbocycles. The molecule has 124 valence electrons. The molecule has 0 aliphatic rings. The highest BCUT2D eigenvalue weighted by Crippen LogP contribution is 2.31. The van der Waals surface area contributed by atoms with Gasteiger partial charge in [-0.15, -0.1) is 0 Å². The molecule has 0 amide bonds. The molecule has 2 aromatic carbocycles. The highest BCUT2D eigenvalue weighted by atomic mass is 35.5. The maximum atomic E-state index is 12.3. The van der Waals surface area contributed by atoms with Crippen LogP contribution < -0.4 is 15.2 Å². The summed E-state index contributed by atoms with van der Waals surface area (Å²) in [6.07, 6.45) is 1.74. The van der Waals surface area contributed by atoms with Crippen molar-refractivity contribution in [2.24, 2.45) is 0 Å². The first-order valence-corrected chi connectivity index (χ1v) is 7.72. The summed E-state index contributed by atoms with van der Waals surface area (Å²) in [5, 5.41) is 0.619. The zero-order valence-electron chi connectivity index (χ0n) is 13.6. The molecule has 0 fully saturated rings. The Balaban J connectivity index is 2.06. The lowest BCUT2D eigenvalue weighted by Gasteiger charge is -2.08. The van der Waals surface area contributed by atoms with Gasteiger partial charge in [-0.2, -0.15) is 0 Å². The Morgan fingerprint density at radius 2 is 1.79 bits per heavy atom. The summed E-state index contributed by atoms with van der Waals surface area (Å²) in [5.74, 6) is 1.23. The van der Waals surface area contributed by atoms with Gasteiger partial charge < -0.3 is 14.5 Å². The molecule has 24 heavy (non-hydrogen) atoms. The van der Waals surface area contributed by atoms with Crippen LogP contribution >= 0.6 is 11.6 Å². The van der Waals surface area contributed by atoms with E-state index in [2.05, 4.69) is 4.98 Å². The molecule has 1 N–H and O–H groups in total. The zero-order chi connectivity index (χ0) is 17.3. The summed E-state index contributed by atoms with van der Waals surface area (Å²) in [5.41, 5.74) is 2.93. The number of nitrogens with one attached hydrogen (secondary N) is 1. The van der Waals surface area contributed by atoms with E-state index in [9.17, 15) is 4.79 Å². The Morgan fingerprint density at radius 3 is 2.46 bits per heavy atom. The Kier molecular flexibility index (Phi) is 4.36. The number of rotatable bonds is 4. The maximum Gasteiger partial charge on any atom is 0.330 e. The summed E-state index contributed by atoms with van der Waals surface area (Å²) in [4.78, 5) is 15.1. The van der Waals surface area contributed by atoms with Crippen LogP contribution in [-0.2, 0) is 0 Å². The topological polar surface area (TPSA) is 56.2 Å². The van der Waals surface area contributed by atoms with E-state index >= 15 is 0 Å². The minimum atomic E-state index is -0.236. The first kappa shape index (κ1) is 16.2. The third kappa shape index (κ3) is 2.90. The SMILES string of the molecule is COc1ccc(-c2cn(-c3ccc(C)c(Cl)c3)c(=O)[nH]2)cc1OC. The molecule has 3 aromatic rings. The molecule has 0 saturated heterocycles. The number of nitrogens with zero attached hydrogens (tertiary/aromatic N) is 1. The maximum absolute atomic E-state index is 12.3. The standard InChI is InChI=1S/C18H17ClN2O3/c1-11-4-6-13(9-14(11)19)21-10-15(20-18(21)22)12-5-7-16(23-2)17(8-12)24-3/h4-10H,1-3H3,(H,20,22). The normalized spacial score (nSPS) is 10.7. The third-order valence-corrected chi connectivity index (χ3v) is 4.25. The van der Waals surface area contributed by atoms with E-state index in [-0.39, 0.29) is 5.69 Å². The number of H-pyrrole nitrogens is 1. The second-order valence-electron chi connectivity index (χ2n) is 5.35. The number of imidazole rings is 1. The van der Waals surface area contributed by atoms with Crippen molar-refractivity contribution >= 4 is 11.6 Å². The van der Waals surface area contributed by atoms with Crippen molar-refractivity contribution in [3.8, 4) is 28.4 Å². The van der Waals surface area contributed by atoms with Gasteiger partial charge in [0, 0.05) is 16.8 Å². The first-order chi connectivity index (χ1) is 11.5. The van der Waals surface area contributed by atoms with Crippen molar-refractivity contribution in [2.45, 2.75) is 6.92 Å². The average Bonchev–Trinajstić information content (AvgIpc) is 2.98. The fourth-order valence-electron chi connectivity index (χ4n) is 2.47. The second kappa shape index (κ2) is 6.45. The Morgan fingerprint density at radius 1 is 1.04 bits per heavy atom. The van der Waals surface area contributed by atoms with E-state index in [1.807, 2.05) is 31.2 Å². The van der Waals surface area contributed by atoms with Gasteiger partial charge in [-0.1, -0.05) is 17.7 Å². The molecule has 1 heterocycles. The number of aromatic nitrogens is 2. The zero-order valence-corrected chi connectivity index (χ0v) is 14.3. The number of aromatic amines is 1. The molecule has 0 spiro atoms. The van der Waals surface area contributed by atoms with Gasteiger partial charge in [0.05, 0.1) is 25.6 Å². The number of halogens is 1. The van der Waals surface area contributed by atoms with Gasteiger partial charge in [0.1, 0.15) is 0 Å². The Hall–Kier alpha value is -2.66. The summed E-state index contributed by atoms with van der Waals surface area (Å²) >= 11 is 6.16. The highest BCUT2D eigenvalue weighted by Gasteiger charge is 2.11. The lowest BCUT2D eigenvalue weighted by molar-refractivity contribution is 0.355. The van der Waals surface area contributed by atoms with E-state index in [4.69, 9.17) is 21.1 Å². The smallest absolute Gasteiger partial charge is 0.330 e. The summed E-state index contributed by atoms with van der Waals surface area (Å²) in [7, 11) is 3.15. The van der Waals surface area contributed by atoms with E-state index in [1.165, 1.54) is 4.57 Å². The van der Waals surface area contributed by atoms with Crippen LogP contribution in [-0.4, -0.2) is 23.8 Å². The largest absolute Gasteiger partial charge is 0.493 e.